The third-order valence-corrected chi connectivity index (χ3v) is 3.91. The van der Waals surface area contributed by atoms with Crippen LogP contribution in [0.2, 0.25) is 5.02 Å². The molecule has 19 heavy (non-hydrogen) atoms. The standard InChI is InChI=1S/C14H20ClN3O/c1-10-4-3-8-18(9-7-10)14(19)13-11(15)5-6-12(16-2)17-13/h5-6,10H,3-4,7-9H2,1-2H3,(H,16,17). The molecule has 104 valence electrons. The minimum Gasteiger partial charge on any atom is -0.373 e. The Morgan fingerprint density at radius 1 is 1.42 bits per heavy atom. The summed E-state index contributed by atoms with van der Waals surface area (Å²) in [5.74, 6) is 1.29. The van der Waals surface area contributed by atoms with Gasteiger partial charge in [0.15, 0.2) is 0 Å². The lowest BCUT2D eigenvalue weighted by Crippen LogP contribution is -2.32. The topological polar surface area (TPSA) is 45.2 Å². The van der Waals surface area contributed by atoms with Crippen LogP contribution in [0, 0.1) is 5.92 Å². The number of pyridine rings is 1. The molecule has 4 nitrogen and oxygen atoms in total. The summed E-state index contributed by atoms with van der Waals surface area (Å²) in [5.41, 5.74) is 0.350. The molecule has 0 radical (unpaired) electrons. The number of aromatic nitrogens is 1. The van der Waals surface area contributed by atoms with Crippen molar-refractivity contribution in [2.24, 2.45) is 5.92 Å². The normalized spacial score (nSPS) is 19.9. The Labute approximate surface area is 119 Å². The summed E-state index contributed by atoms with van der Waals surface area (Å²) in [4.78, 5) is 18.7. The molecule has 1 unspecified atom stereocenters. The van der Waals surface area contributed by atoms with Gasteiger partial charge in [-0.05, 0) is 37.3 Å². The van der Waals surface area contributed by atoms with Crippen molar-refractivity contribution in [3.63, 3.8) is 0 Å². The van der Waals surface area contributed by atoms with E-state index in [-0.39, 0.29) is 5.91 Å². The molecule has 0 saturated carbocycles. The lowest BCUT2D eigenvalue weighted by Gasteiger charge is -2.20. The second kappa shape index (κ2) is 6.24. The number of halogens is 1. The summed E-state index contributed by atoms with van der Waals surface area (Å²) in [6.07, 6.45) is 3.28. The van der Waals surface area contributed by atoms with Gasteiger partial charge in [0.2, 0.25) is 0 Å². The van der Waals surface area contributed by atoms with Gasteiger partial charge in [-0.25, -0.2) is 4.98 Å². The molecule has 2 heterocycles. The van der Waals surface area contributed by atoms with Gasteiger partial charge in [-0.15, -0.1) is 0 Å². The van der Waals surface area contributed by atoms with E-state index >= 15 is 0 Å². The molecular weight excluding hydrogens is 262 g/mol. The minimum atomic E-state index is -0.0591. The molecule has 1 saturated heterocycles. The monoisotopic (exact) mass is 281 g/mol. The third-order valence-electron chi connectivity index (χ3n) is 3.61. The lowest BCUT2D eigenvalue weighted by atomic mass is 10.0. The molecule has 1 atom stereocenters. The number of hydrogen-bond acceptors (Lipinski definition) is 3. The summed E-state index contributed by atoms with van der Waals surface area (Å²) in [7, 11) is 1.78. The van der Waals surface area contributed by atoms with Crippen molar-refractivity contribution >= 4 is 23.3 Å². The van der Waals surface area contributed by atoms with E-state index in [1.165, 1.54) is 6.42 Å². The molecule has 1 aliphatic rings. The van der Waals surface area contributed by atoms with E-state index < -0.39 is 0 Å². The maximum absolute atomic E-state index is 12.5. The van der Waals surface area contributed by atoms with Crippen molar-refractivity contribution in [3.8, 4) is 0 Å². The summed E-state index contributed by atoms with van der Waals surface area (Å²) >= 11 is 6.10. The summed E-state index contributed by atoms with van der Waals surface area (Å²) in [6.45, 7) is 3.83. The Morgan fingerprint density at radius 3 is 2.95 bits per heavy atom. The average Bonchev–Trinajstić information content (AvgIpc) is 2.63. The molecule has 0 spiro atoms. The number of anilines is 1. The number of hydrogen-bond donors (Lipinski definition) is 1. The fraction of sp³-hybridized carbons (Fsp3) is 0.571. The van der Waals surface area contributed by atoms with Gasteiger partial charge in [-0.3, -0.25) is 4.79 Å². The Bertz CT molecular complexity index is 464. The van der Waals surface area contributed by atoms with E-state index in [0.29, 0.717) is 22.5 Å². The first-order chi connectivity index (χ1) is 9.11. The first kappa shape index (κ1) is 14.1. The summed E-state index contributed by atoms with van der Waals surface area (Å²) < 4.78 is 0. The van der Waals surface area contributed by atoms with Crippen LogP contribution in [0.25, 0.3) is 0 Å². The van der Waals surface area contributed by atoms with E-state index in [2.05, 4.69) is 17.2 Å². The minimum absolute atomic E-state index is 0.0591. The highest BCUT2D eigenvalue weighted by atomic mass is 35.5. The highest BCUT2D eigenvalue weighted by Crippen LogP contribution is 2.22. The van der Waals surface area contributed by atoms with Crippen LogP contribution >= 0.6 is 11.6 Å². The highest BCUT2D eigenvalue weighted by molar-refractivity contribution is 6.33. The predicted molar refractivity (Wildman–Crippen MR) is 77.7 cm³/mol. The van der Waals surface area contributed by atoms with Crippen molar-refractivity contribution in [2.75, 3.05) is 25.5 Å². The number of rotatable bonds is 2. The maximum Gasteiger partial charge on any atom is 0.274 e. The molecule has 5 heteroatoms. The molecule has 1 aliphatic heterocycles. The fourth-order valence-corrected chi connectivity index (χ4v) is 2.53. The number of nitrogens with one attached hydrogen (secondary N) is 1. The summed E-state index contributed by atoms with van der Waals surface area (Å²) in [5, 5.41) is 3.35. The van der Waals surface area contributed by atoms with Gasteiger partial charge >= 0.3 is 0 Å². The molecule has 1 fully saturated rings. The van der Waals surface area contributed by atoms with Crippen LogP contribution in [0.5, 0.6) is 0 Å². The van der Waals surface area contributed by atoms with E-state index in [4.69, 9.17) is 11.6 Å². The van der Waals surface area contributed by atoms with Gasteiger partial charge in [0.05, 0.1) is 5.02 Å². The van der Waals surface area contributed by atoms with Gasteiger partial charge in [-0.2, -0.15) is 0 Å². The van der Waals surface area contributed by atoms with Crippen LogP contribution in [0.3, 0.4) is 0 Å². The van der Waals surface area contributed by atoms with E-state index in [0.717, 1.165) is 25.9 Å². The number of carbonyl (C=O) groups excluding carboxylic acids is 1. The van der Waals surface area contributed by atoms with Crippen molar-refractivity contribution in [1.82, 2.24) is 9.88 Å². The van der Waals surface area contributed by atoms with Crippen molar-refractivity contribution in [3.05, 3.63) is 22.8 Å². The molecule has 0 aliphatic carbocycles. The van der Waals surface area contributed by atoms with Gasteiger partial charge in [0.25, 0.3) is 5.91 Å². The number of nitrogens with zero attached hydrogens (tertiary/aromatic N) is 2. The molecule has 1 aromatic rings. The first-order valence-corrected chi connectivity index (χ1v) is 7.13. The molecule has 1 N–H and O–H groups in total. The zero-order valence-corrected chi connectivity index (χ0v) is 12.2. The lowest BCUT2D eigenvalue weighted by molar-refractivity contribution is 0.0755. The molecule has 0 bridgehead atoms. The van der Waals surface area contributed by atoms with Crippen molar-refractivity contribution < 1.29 is 4.79 Å². The van der Waals surface area contributed by atoms with Crippen LogP contribution in [-0.2, 0) is 0 Å². The van der Waals surface area contributed by atoms with Crippen LogP contribution in [0.15, 0.2) is 12.1 Å². The highest BCUT2D eigenvalue weighted by Gasteiger charge is 2.22. The average molecular weight is 282 g/mol. The number of amides is 1. The Balaban J connectivity index is 2.18. The third kappa shape index (κ3) is 3.38. The molecule has 0 aromatic carbocycles. The van der Waals surface area contributed by atoms with Crippen LogP contribution in [0.4, 0.5) is 5.82 Å². The number of likely N-dealkylation sites (tertiary alicyclic amines) is 1. The Kier molecular flexibility index (Phi) is 4.64. The SMILES string of the molecule is CNc1ccc(Cl)c(C(=O)N2CCCC(C)CC2)n1. The van der Waals surface area contributed by atoms with Gasteiger partial charge in [0, 0.05) is 20.1 Å². The van der Waals surface area contributed by atoms with E-state index in [9.17, 15) is 4.79 Å². The zero-order valence-electron chi connectivity index (χ0n) is 11.4. The van der Waals surface area contributed by atoms with Gasteiger partial charge < -0.3 is 10.2 Å². The van der Waals surface area contributed by atoms with Gasteiger partial charge in [0.1, 0.15) is 11.5 Å². The van der Waals surface area contributed by atoms with E-state index in [1.54, 1.807) is 19.2 Å². The maximum atomic E-state index is 12.5. The van der Waals surface area contributed by atoms with Crippen LogP contribution in [-0.4, -0.2) is 35.9 Å². The Morgan fingerprint density at radius 2 is 2.21 bits per heavy atom. The van der Waals surface area contributed by atoms with E-state index in [1.807, 2.05) is 4.90 Å². The molecular formula is C14H20ClN3O. The van der Waals surface area contributed by atoms with Crippen molar-refractivity contribution in [2.45, 2.75) is 26.2 Å². The molecule has 2 rings (SSSR count). The smallest absolute Gasteiger partial charge is 0.274 e. The predicted octanol–water partition coefficient (Wildman–Crippen LogP) is 3.04. The Hall–Kier alpha value is -1.29. The molecule has 1 aromatic heterocycles. The van der Waals surface area contributed by atoms with Crippen LogP contribution < -0.4 is 5.32 Å². The zero-order chi connectivity index (χ0) is 13.8. The first-order valence-electron chi connectivity index (χ1n) is 6.75. The summed E-state index contributed by atoms with van der Waals surface area (Å²) in [6, 6.07) is 3.48. The second-order valence-corrected chi connectivity index (χ2v) is 5.51. The number of carbonyl (C=O) groups is 1. The second-order valence-electron chi connectivity index (χ2n) is 5.11. The van der Waals surface area contributed by atoms with Crippen molar-refractivity contribution in [1.29, 1.82) is 0 Å². The molecule has 1 amide bonds. The van der Waals surface area contributed by atoms with Gasteiger partial charge in [-0.1, -0.05) is 18.5 Å². The van der Waals surface area contributed by atoms with Crippen LogP contribution in [0.1, 0.15) is 36.7 Å². The largest absolute Gasteiger partial charge is 0.373 e. The fourth-order valence-electron chi connectivity index (χ4n) is 2.35. The quantitative estimate of drug-likeness (QED) is 0.906.